The molecule has 0 spiro atoms. The third kappa shape index (κ3) is 5.97. The van der Waals surface area contributed by atoms with Gasteiger partial charge in [0.2, 0.25) is 0 Å². The van der Waals surface area contributed by atoms with E-state index in [2.05, 4.69) is 10.6 Å². The van der Waals surface area contributed by atoms with E-state index in [1.165, 1.54) is 7.11 Å². The van der Waals surface area contributed by atoms with Gasteiger partial charge in [-0.2, -0.15) is 0 Å². The van der Waals surface area contributed by atoms with Crippen LogP contribution in [0.4, 0.5) is 4.79 Å². The SMILES string of the molecule is COC(=O)CC(NC(=O)NCC1CCCOC1c1ccccc1)c1ccccc1Cl. The Morgan fingerprint density at radius 2 is 1.90 bits per heavy atom. The maximum Gasteiger partial charge on any atom is 0.315 e. The molecule has 160 valence electrons. The summed E-state index contributed by atoms with van der Waals surface area (Å²) < 4.78 is 10.8. The lowest BCUT2D eigenvalue weighted by Crippen LogP contribution is -2.42. The Hall–Kier alpha value is -2.57. The van der Waals surface area contributed by atoms with E-state index in [4.69, 9.17) is 21.1 Å². The van der Waals surface area contributed by atoms with Crippen molar-refractivity contribution in [3.8, 4) is 0 Å². The van der Waals surface area contributed by atoms with E-state index in [9.17, 15) is 9.59 Å². The summed E-state index contributed by atoms with van der Waals surface area (Å²) >= 11 is 6.27. The first-order valence-electron chi connectivity index (χ1n) is 10.1. The number of benzene rings is 2. The number of ether oxygens (including phenoxy) is 2. The quantitative estimate of drug-likeness (QED) is 0.638. The first-order chi connectivity index (χ1) is 14.6. The van der Waals surface area contributed by atoms with Crippen molar-refractivity contribution in [1.29, 1.82) is 0 Å². The van der Waals surface area contributed by atoms with Crippen molar-refractivity contribution < 1.29 is 19.1 Å². The minimum Gasteiger partial charge on any atom is -0.469 e. The molecular formula is C23H27ClN2O4. The fourth-order valence-corrected chi connectivity index (χ4v) is 4.01. The monoisotopic (exact) mass is 430 g/mol. The molecule has 2 aromatic rings. The van der Waals surface area contributed by atoms with E-state index in [-0.39, 0.29) is 24.5 Å². The molecular weight excluding hydrogens is 404 g/mol. The molecule has 0 aliphatic carbocycles. The van der Waals surface area contributed by atoms with E-state index in [0.717, 1.165) is 25.0 Å². The zero-order valence-electron chi connectivity index (χ0n) is 17.0. The number of urea groups is 1. The topological polar surface area (TPSA) is 76.7 Å². The molecule has 2 amide bonds. The molecule has 3 atom stereocenters. The van der Waals surface area contributed by atoms with Crippen LogP contribution < -0.4 is 10.6 Å². The van der Waals surface area contributed by atoms with E-state index < -0.39 is 12.0 Å². The molecule has 0 saturated carbocycles. The highest BCUT2D eigenvalue weighted by Gasteiger charge is 2.28. The largest absolute Gasteiger partial charge is 0.469 e. The normalized spacial score (nSPS) is 19.5. The molecule has 0 aromatic heterocycles. The molecule has 3 unspecified atom stereocenters. The van der Waals surface area contributed by atoms with Gasteiger partial charge in [-0.1, -0.05) is 60.1 Å². The predicted molar refractivity (Wildman–Crippen MR) is 115 cm³/mol. The summed E-state index contributed by atoms with van der Waals surface area (Å²) in [6.45, 7) is 1.19. The molecule has 0 bridgehead atoms. The van der Waals surface area contributed by atoms with E-state index >= 15 is 0 Å². The fourth-order valence-electron chi connectivity index (χ4n) is 3.74. The lowest BCUT2D eigenvalue weighted by atomic mass is 9.89. The molecule has 7 heteroatoms. The highest BCUT2D eigenvalue weighted by molar-refractivity contribution is 6.31. The van der Waals surface area contributed by atoms with Crippen LogP contribution in [0.2, 0.25) is 5.02 Å². The Kier molecular flexibility index (Phi) is 8.11. The summed E-state index contributed by atoms with van der Waals surface area (Å²) in [4.78, 5) is 24.5. The van der Waals surface area contributed by atoms with Crippen molar-refractivity contribution in [2.24, 2.45) is 5.92 Å². The van der Waals surface area contributed by atoms with Crippen molar-refractivity contribution in [1.82, 2.24) is 10.6 Å². The minimum absolute atomic E-state index is 0.00711. The Morgan fingerprint density at radius 1 is 1.17 bits per heavy atom. The highest BCUT2D eigenvalue weighted by Crippen LogP contribution is 2.33. The second-order valence-corrected chi connectivity index (χ2v) is 7.72. The molecule has 1 heterocycles. The van der Waals surface area contributed by atoms with Crippen LogP contribution in [0.1, 0.15) is 42.5 Å². The summed E-state index contributed by atoms with van der Waals surface area (Å²) in [5, 5.41) is 6.28. The number of rotatable bonds is 7. The van der Waals surface area contributed by atoms with Crippen LogP contribution in [0.15, 0.2) is 54.6 Å². The number of nitrogens with one attached hydrogen (secondary N) is 2. The Morgan fingerprint density at radius 3 is 2.63 bits per heavy atom. The smallest absolute Gasteiger partial charge is 0.315 e. The number of carbonyl (C=O) groups is 2. The van der Waals surface area contributed by atoms with Gasteiger partial charge in [0.1, 0.15) is 0 Å². The second kappa shape index (κ2) is 11.0. The molecule has 30 heavy (non-hydrogen) atoms. The molecule has 1 aliphatic heterocycles. The van der Waals surface area contributed by atoms with Crippen molar-refractivity contribution in [3.05, 3.63) is 70.7 Å². The highest BCUT2D eigenvalue weighted by atomic mass is 35.5. The molecule has 1 fully saturated rings. The minimum atomic E-state index is -0.585. The first-order valence-corrected chi connectivity index (χ1v) is 10.5. The average molecular weight is 431 g/mol. The van der Waals surface area contributed by atoms with Crippen LogP contribution in [0, 0.1) is 5.92 Å². The summed E-state index contributed by atoms with van der Waals surface area (Å²) in [5.74, 6) is -0.253. The van der Waals surface area contributed by atoms with Crippen LogP contribution in [-0.2, 0) is 14.3 Å². The predicted octanol–water partition coefficient (Wildman–Crippen LogP) is 4.41. The number of methoxy groups -OCH3 is 1. The van der Waals surface area contributed by atoms with Gasteiger partial charge < -0.3 is 20.1 Å². The average Bonchev–Trinajstić information content (AvgIpc) is 2.78. The van der Waals surface area contributed by atoms with Gasteiger partial charge in [-0.05, 0) is 30.0 Å². The summed E-state index contributed by atoms with van der Waals surface area (Å²) in [5.41, 5.74) is 1.78. The molecule has 3 rings (SSSR count). The van der Waals surface area contributed by atoms with E-state index in [1.54, 1.807) is 18.2 Å². The zero-order chi connectivity index (χ0) is 21.3. The number of hydrogen-bond donors (Lipinski definition) is 2. The van der Waals surface area contributed by atoms with Crippen molar-refractivity contribution in [2.45, 2.75) is 31.4 Å². The second-order valence-electron chi connectivity index (χ2n) is 7.31. The lowest BCUT2D eigenvalue weighted by molar-refractivity contribution is -0.141. The number of amides is 2. The Labute approximate surface area is 181 Å². The van der Waals surface area contributed by atoms with Gasteiger partial charge in [-0.3, -0.25) is 4.79 Å². The van der Waals surface area contributed by atoms with Gasteiger partial charge in [0.25, 0.3) is 0 Å². The standard InChI is InChI=1S/C23H27ClN2O4/c1-29-21(27)14-20(18-11-5-6-12-19(18)24)26-23(28)25-15-17-10-7-13-30-22(17)16-8-3-2-4-9-16/h2-6,8-9,11-12,17,20,22H,7,10,13-15H2,1H3,(H2,25,26,28). The maximum atomic E-state index is 12.6. The maximum absolute atomic E-state index is 12.6. The van der Waals surface area contributed by atoms with Gasteiger partial charge in [-0.15, -0.1) is 0 Å². The van der Waals surface area contributed by atoms with Gasteiger partial charge >= 0.3 is 12.0 Å². The number of carbonyl (C=O) groups excluding carboxylic acids is 2. The fraction of sp³-hybridized carbons (Fsp3) is 0.391. The number of halogens is 1. The molecule has 1 aliphatic rings. The Balaban J connectivity index is 1.63. The van der Waals surface area contributed by atoms with E-state index in [1.807, 2.05) is 36.4 Å². The van der Waals surface area contributed by atoms with Gasteiger partial charge in [0, 0.05) is 24.1 Å². The van der Waals surface area contributed by atoms with Crippen LogP contribution in [0.5, 0.6) is 0 Å². The summed E-state index contributed by atoms with van der Waals surface area (Å²) in [6, 6.07) is 16.2. The molecule has 2 aromatic carbocycles. The van der Waals surface area contributed by atoms with Crippen molar-refractivity contribution in [3.63, 3.8) is 0 Å². The summed E-state index contributed by atoms with van der Waals surface area (Å²) in [6.07, 6.45) is 1.87. The molecule has 2 N–H and O–H groups in total. The zero-order valence-corrected chi connectivity index (χ0v) is 17.7. The van der Waals surface area contributed by atoms with Gasteiger partial charge in [0.05, 0.1) is 25.7 Å². The van der Waals surface area contributed by atoms with Crippen LogP contribution in [-0.4, -0.2) is 32.3 Å². The van der Waals surface area contributed by atoms with Crippen LogP contribution in [0.25, 0.3) is 0 Å². The molecule has 0 radical (unpaired) electrons. The first kappa shape index (κ1) is 22.1. The van der Waals surface area contributed by atoms with E-state index in [0.29, 0.717) is 17.1 Å². The molecule has 6 nitrogen and oxygen atoms in total. The third-order valence-corrected chi connectivity index (χ3v) is 5.63. The summed E-state index contributed by atoms with van der Waals surface area (Å²) in [7, 11) is 1.32. The Bertz CT molecular complexity index is 846. The van der Waals surface area contributed by atoms with Crippen LogP contribution >= 0.6 is 11.6 Å². The van der Waals surface area contributed by atoms with Gasteiger partial charge in [0.15, 0.2) is 0 Å². The van der Waals surface area contributed by atoms with Crippen LogP contribution in [0.3, 0.4) is 0 Å². The van der Waals surface area contributed by atoms with Crippen molar-refractivity contribution in [2.75, 3.05) is 20.3 Å². The number of esters is 1. The van der Waals surface area contributed by atoms with Gasteiger partial charge in [-0.25, -0.2) is 4.79 Å². The van der Waals surface area contributed by atoms with Crippen molar-refractivity contribution >= 4 is 23.6 Å². The molecule has 1 saturated heterocycles. The lowest BCUT2D eigenvalue weighted by Gasteiger charge is -2.32. The third-order valence-electron chi connectivity index (χ3n) is 5.28. The number of hydrogen-bond acceptors (Lipinski definition) is 4.